The topological polar surface area (TPSA) is 84.4 Å². The highest BCUT2D eigenvalue weighted by Gasteiger charge is 2.27. The fraction of sp³-hybridized carbons (Fsp3) is 0.167. The van der Waals surface area contributed by atoms with Gasteiger partial charge in [-0.1, -0.05) is 6.07 Å². The first kappa shape index (κ1) is 10.6. The molecular weight excluding hydrogens is 232 g/mol. The van der Waals surface area contributed by atoms with Crippen LogP contribution in [-0.2, 0) is 13.1 Å². The van der Waals surface area contributed by atoms with Crippen LogP contribution in [0, 0.1) is 0 Å². The summed E-state index contributed by atoms with van der Waals surface area (Å²) in [6, 6.07) is 7.36. The fourth-order valence-corrected chi connectivity index (χ4v) is 2.16. The molecule has 6 nitrogen and oxygen atoms in total. The largest absolute Gasteiger partial charge is 0.465 e. The number of nitrogens with zero attached hydrogens (tertiary/aromatic N) is 3. The third kappa shape index (κ3) is 1.58. The first-order valence-electron chi connectivity index (χ1n) is 5.55. The average molecular weight is 244 g/mol. The van der Waals surface area contributed by atoms with Crippen LogP contribution < -0.4 is 5.73 Å². The molecular formula is C12H12N4O2. The molecule has 0 atom stereocenters. The lowest BCUT2D eigenvalue weighted by Crippen LogP contribution is -2.23. The van der Waals surface area contributed by atoms with Crippen LogP contribution in [0.1, 0.15) is 11.3 Å². The van der Waals surface area contributed by atoms with Gasteiger partial charge < -0.3 is 10.8 Å². The number of benzene rings is 1. The zero-order valence-corrected chi connectivity index (χ0v) is 9.58. The third-order valence-electron chi connectivity index (χ3n) is 3.04. The van der Waals surface area contributed by atoms with E-state index in [1.54, 1.807) is 16.9 Å². The van der Waals surface area contributed by atoms with E-state index in [1.807, 2.05) is 18.2 Å². The Labute approximate surface area is 103 Å². The van der Waals surface area contributed by atoms with Gasteiger partial charge in [-0.15, -0.1) is 0 Å². The first-order valence-corrected chi connectivity index (χ1v) is 5.55. The molecule has 0 aliphatic carbocycles. The summed E-state index contributed by atoms with van der Waals surface area (Å²) >= 11 is 0. The summed E-state index contributed by atoms with van der Waals surface area (Å²) in [5.74, 6) is 0. The molecule has 0 saturated carbocycles. The van der Waals surface area contributed by atoms with Crippen molar-refractivity contribution in [1.82, 2.24) is 14.7 Å². The summed E-state index contributed by atoms with van der Waals surface area (Å²) in [5, 5.41) is 13.3. The third-order valence-corrected chi connectivity index (χ3v) is 3.04. The van der Waals surface area contributed by atoms with Crippen molar-refractivity contribution < 1.29 is 9.90 Å². The van der Waals surface area contributed by atoms with Crippen LogP contribution in [0.5, 0.6) is 0 Å². The summed E-state index contributed by atoms with van der Waals surface area (Å²) in [6.07, 6.45) is 0.798. The Morgan fingerprint density at radius 2 is 2.22 bits per heavy atom. The summed E-state index contributed by atoms with van der Waals surface area (Å²) in [4.78, 5) is 12.3. The fourth-order valence-electron chi connectivity index (χ4n) is 2.16. The van der Waals surface area contributed by atoms with Crippen molar-refractivity contribution in [3.05, 3.63) is 41.7 Å². The number of hydrogen-bond acceptors (Lipinski definition) is 3. The molecule has 1 aliphatic heterocycles. The van der Waals surface area contributed by atoms with E-state index in [2.05, 4.69) is 5.10 Å². The Morgan fingerprint density at radius 3 is 2.94 bits per heavy atom. The number of aromatic nitrogens is 2. The second kappa shape index (κ2) is 3.76. The van der Waals surface area contributed by atoms with Gasteiger partial charge in [0.1, 0.15) is 0 Å². The number of anilines is 1. The summed E-state index contributed by atoms with van der Waals surface area (Å²) in [6.45, 7) is 0.756. The molecule has 1 aromatic heterocycles. The quantitative estimate of drug-likeness (QED) is 0.743. The summed E-state index contributed by atoms with van der Waals surface area (Å²) in [7, 11) is 0. The molecule has 1 amide bonds. The van der Waals surface area contributed by atoms with Crippen molar-refractivity contribution in [2.75, 3.05) is 5.73 Å². The maximum absolute atomic E-state index is 10.9. The van der Waals surface area contributed by atoms with Crippen LogP contribution in [-0.4, -0.2) is 25.9 Å². The zero-order chi connectivity index (χ0) is 12.7. The van der Waals surface area contributed by atoms with Crippen molar-refractivity contribution in [3.8, 4) is 5.69 Å². The molecule has 0 fully saturated rings. The van der Waals surface area contributed by atoms with Crippen molar-refractivity contribution in [3.63, 3.8) is 0 Å². The molecule has 0 radical (unpaired) electrons. The predicted octanol–water partition coefficient (Wildman–Crippen LogP) is 1.45. The summed E-state index contributed by atoms with van der Waals surface area (Å²) in [5.41, 5.74) is 9.10. The minimum atomic E-state index is -0.912. The number of nitrogens with two attached hydrogens (primary N) is 1. The van der Waals surface area contributed by atoms with E-state index >= 15 is 0 Å². The molecule has 2 aromatic rings. The number of nitrogen functional groups attached to an aromatic ring is 1. The Balaban J connectivity index is 2.00. The SMILES string of the molecule is Nc1cccc(-n2ncc3c2CN(C(=O)O)C3)c1. The van der Waals surface area contributed by atoms with Crippen molar-refractivity contribution >= 4 is 11.8 Å². The van der Waals surface area contributed by atoms with Crippen LogP contribution in [0.25, 0.3) is 5.69 Å². The van der Waals surface area contributed by atoms with Gasteiger partial charge in [-0.3, -0.25) is 4.90 Å². The molecule has 18 heavy (non-hydrogen) atoms. The van der Waals surface area contributed by atoms with Gasteiger partial charge in [0.15, 0.2) is 0 Å². The normalized spacial score (nSPS) is 13.7. The molecule has 1 aliphatic rings. The van der Waals surface area contributed by atoms with Gasteiger partial charge in [-0.2, -0.15) is 5.10 Å². The van der Waals surface area contributed by atoms with Gasteiger partial charge in [-0.05, 0) is 18.2 Å². The highest BCUT2D eigenvalue weighted by Crippen LogP contribution is 2.25. The predicted molar refractivity (Wildman–Crippen MR) is 65.2 cm³/mol. The van der Waals surface area contributed by atoms with Crippen LogP contribution in [0.4, 0.5) is 10.5 Å². The summed E-state index contributed by atoms with van der Waals surface area (Å²) < 4.78 is 1.74. The van der Waals surface area contributed by atoms with Crippen LogP contribution >= 0.6 is 0 Å². The Kier molecular flexibility index (Phi) is 2.22. The minimum absolute atomic E-state index is 0.361. The maximum Gasteiger partial charge on any atom is 0.407 e. The van der Waals surface area contributed by atoms with Crippen molar-refractivity contribution in [2.45, 2.75) is 13.1 Å². The minimum Gasteiger partial charge on any atom is -0.465 e. The van der Waals surface area contributed by atoms with E-state index in [0.29, 0.717) is 18.8 Å². The number of fused-ring (bicyclic) bond motifs is 1. The Bertz CT molecular complexity index is 620. The maximum atomic E-state index is 10.9. The monoisotopic (exact) mass is 244 g/mol. The Morgan fingerprint density at radius 1 is 1.39 bits per heavy atom. The van der Waals surface area contributed by atoms with E-state index in [1.165, 1.54) is 4.90 Å². The second-order valence-corrected chi connectivity index (χ2v) is 4.26. The molecule has 3 N–H and O–H groups in total. The smallest absolute Gasteiger partial charge is 0.407 e. The molecule has 2 heterocycles. The number of carbonyl (C=O) groups is 1. The standard InChI is InChI=1S/C12H12N4O2/c13-9-2-1-3-10(4-9)16-11-7-15(12(17)18)6-8(11)5-14-16/h1-5H,6-7,13H2,(H,17,18). The highest BCUT2D eigenvalue weighted by molar-refractivity contribution is 5.66. The highest BCUT2D eigenvalue weighted by atomic mass is 16.4. The van der Waals surface area contributed by atoms with Gasteiger partial charge >= 0.3 is 6.09 Å². The number of amides is 1. The average Bonchev–Trinajstić information content (AvgIpc) is 2.87. The second-order valence-electron chi connectivity index (χ2n) is 4.26. The van der Waals surface area contributed by atoms with E-state index in [9.17, 15) is 4.79 Å². The zero-order valence-electron chi connectivity index (χ0n) is 9.58. The number of rotatable bonds is 1. The molecule has 0 unspecified atom stereocenters. The molecule has 92 valence electrons. The van der Waals surface area contributed by atoms with Gasteiger partial charge in [0, 0.05) is 11.3 Å². The number of hydrogen-bond donors (Lipinski definition) is 2. The van der Waals surface area contributed by atoms with Gasteiger partial charge in [0.05, 0.1) is 30.7 Å². The van der Waals surface area contributed by atoms with Crippen LogP contribution in [0.3, 0.4) is 0 Å². The molecule has 0 spiro atoms. The number of carboxylic acid groups (broad SMARTS) is 1. The Hall–Kier alpha value is -2.50. The molecule has 6 heteroatoms. The molecule has 0 bridgehead atoms. The van der Waals surface area contributed by atoms with E-state index in [0.717, 1.165) is 16.9 Å². The first-order chi connectivity index (χ1) is 8.65. The van der Waals surface area contributed by atoms with E-state index in [-0.39, 0.29) is 0 Å². The van der Waals surface area contributed by atoms with Gasteiger partial charge in [-0.25, -0.2) is 9.48 Å². The lowest BCUT2D eigenvalue weighted by Gasteiger charge is -2.11. The van der Waals surface area contributed by atoms with Gasteiger partial charge in [0.2, 0.25) is 0 Å². The molecule has 3 rings (SSSR count). The van der Waals surface area contributed by atoms with E-state index < -0.39 is 6.09 Å². The lowest BCUT2D eigenvalue weighted by atomic mass is 10.2. The molecule has 0 saturated heterocycles. The van der Waals surface area contributed by atoms with Crippen LogP contribution in [0.2, 0.25) is 0 Å². The lowest BCUT2D eigenvalue weighted by molar-refractivity contribution is 0.144. The van der Waals surface area contributed by atoms with Crippen LogP contribution in [0.15, 0.2) is 30.5 Å². The van der Waals surface area contributed by atoms with Gasteiger partial charge in [0.25, 0.3) is 0 Å². The van der Waals surface area contributed by atoms with Crippen molar-refractivity contribution in [1.29, 1.82) is 0 Å². The molecule has 1 aromatic carbocycles. The van der Waals surface area contributed by atoms with Crippen molar-refractivity contribution in [2.24, 2.45) is 0 Å². The van der Waals surface area contributed by atoms with E-state index in [4.69, 9.17) is 10.8 Å².